The van der Waals surface area contributed by atoms with Crippen LogP contribution in [0.25, 0.3) is 21.7 Å². The minimum absolute atomic E-state index is 0.528. The Hall–Kier alpha value is -2.86. The van der Waals surface area contributed by atoms with Gasteiger partial charge in [-0.1, -0.05) is 64.5 Å². The molecule has 0 aliphatic carbocycles. The van der Waals surface area contributed by atoms with Crippen molar-refractivity contribution in [1.82, 2.24) is 9.83 Å². The van der Waals surface area contributed by atoms with Crippen molar-refractivity contribution in [3.8, 4) is 11.3 Å². The van der Waals surface area contributed by atoms with Crippen molar-refractivity contribution in [2.75, 3.05) is 5.84 Å². The SMILES string of the molecule is Cc1ccc(N=c2sc3c(-c4ccccc4)noc3n2N)cc1. The molecular formula is C17H14N4OS. The number of hydrogen-bond acceptors (Lipinski definition) is 5. The highest BCUT2D eigenvalue weighted by Crippen LogP contribution is 2.29. The molecule has 2 N–H and O–H groups in total. The molecule has 0 atom stereocenters. The first-order chi connectivity index (χ1) is 11.2. The van der Waals surface area contributed by atoms with E-state index in [9.17, 15) is 0 Å². The average Bonchev–Trinajstić information content (AvgIpc) is 3.12. The fourth-order valence-electron chi connectivity index (χ4n) is 2.33. The predicted octanol–water partition coefficient (Wildman–Crippen LogP) is 3.61. The van der Waals surface area contributed by atoms with E-state index in [0.29, 0.717) is 10.5 Å². The first kappa shape index (κ1) is 13.8. The van der Waals surface area contributed by atoms with Crippen LogP contribution in [0.2, 0.25) is 0 Å². The summed E-state index contributed by atoms with van der Waals surface area (Å²) in [5.41, 5.74) is 4.36. The molecule has 4 rings (SSSR count). The van der Waals surface area contributed by atoms with E-state index in [1.807, 2.05) is 61.5 Å². The fraction of sp³-hybridized carbons (Fsp3) is 0.0588. The van der Waals surface area contributed by atoms with Crippen LogP contribution in [0.4, 0.5) is 5.69 Å². The highest BCUT2D eigenvalue weighted by atomic mass is 32.1. The highest BCUT2D eigenvalue weighted by molar-refractivity contribution is 7.16. The molecule has 114 valence electrons. The molecule has 0 bridgehead atoms. The van der Waals surface area contributed by atoms with Crippen LogP contribution in [0.5, 0.6) is 0 Å². The molecule has 0 saturated carbocycles. The number of nitrogen functional groups attached to an aromatic ring is 1. The van der Waals surface area contributed by atoms with Crippen molar-refractivity contribution >= 4 is 27.4 Å². The summed E-state index contributed by atoms with van der Waals surface area (Å²) in [4.78, 5) is 5.26. The minimum Gasteiger partial charge on any atom is -0.334 e. The summed E-state index contributed by atoms with van der Waals surface area (Å²) < 4.78 is 7.75. The number of rotatable bonds is 2. The number of hydrogen-bond donors (Lipinski definition) is 1. The first-order valence-electron chi connectivity index (χ1n) is 7.15. The zero-order chi connectivity index (χ0) is 15.8. The molecule has 6 heteroatoms. The van der Waals surface area contributed by atoms with Gasteiger partial charge >= 0.3 is 0 Å². The monoisotopic (exact) mass is 322 g/mol. The normalized spacial score (nSPS) is 12.1. The lowest BCUT2D eigenvalue weighted by Gasteiger charge is -1.94. The van der Waals surface area contributed by atoms with Gasteiger partial charge in [0.05, 0.1) is 5.69 Å². The largest absolute Gasteiger partial charge is 0.334 e. The van der Waals surface area contributed by atoms with Crippen LogP contribution in [0.1, 0.15) is 5.56 Å². The maximum Gasteiger partial charge on any atom is 0.270 e. The molecule has 5 nitrogen and oxygen atoms in total. The third-order valence-corrected chi connectivity index (χ3v) is 4.60. The molecule has 0 unspecified atom stereocenters. The number of thiazole rings is 1. The second-order valence-electron chi connectivity index (χ2n) is 5.23. The Morgan fingerprint density at radius 1 is 1.09 bits per heavy atom. The van der Waals surface area contributed by atoms with Crippen LogP contribution in [-0.4, -0.2) is 9.83 Å². The fourth-order valence-corrected chi connectivity index (χ4v) is 3.32. The molecule has 0 fully saturated rings. The molecule has 2 aromatic heterocycles. The molecule has 0 saturated heterocycles. The average molecular weight is 322 g/mol. The summed E-state index contributed by atoms with van der Waals surface area (Å²) >= 11 is 1.47. The van der Waals surface area contributed by atoms with E-state index in [2.05, 4.69) is 10.1 Å². The van der Waals surface area contributed by atoms with Gasteiger partial charge in [-0.25, -0.2) is 4.99 Å². The summed E-state index contributed by atoms with van der Waals surface area (Å²) in [5.74, 6) is 6.11. The van der Waals surface area contributed by atoms with E-state index in [1.165, 1.54) is 21.6 Å². The van der Waals surface area contributed by atoms with Gasteiger partial charge in [0, 0.05) is 5.56 Å². The number of nitrogens with zero attached hydrogens (tertiary/aromatic N) is 3. The van der Waals surface area contributed by atoms with Gasteiger partial charge in [0.2, 0.25) is 4.80 Å². The van der Waals surface area contributed by atoms with Crippen LogP contribution in [0.15, 0.2) is 64.1 Å². The quantitative estimate of drug-likeness (QED) is 0.573. The van der Waals surface area contributed by atoms with Crippen LogP contribution in [-0.2, 0) is 0 Å². The number of aromatic nitrogens is 2. The Bertz CT molecular complexity index is 1030. The smallest absolute Gasteiger partial charge is 0.270 e. The van der Waals surface area contributed by atoms with E-state index in [1.54, 1.807) is 0 Å². The van der Waals surface area contributed by atoms with Crippen LogP contribution in [0.3, 0.4) is 0 Å². The Morgan fingerprint density at radius 2 is 1.83 bits per heavy atom. The maximum absolute atomic E-state index is 6.11. The minimum atomic E-state index is 0.528. The predicted molar refractivity (Wildman–Crippen MR) is 91.9 cm³/mol. The summed E-state index contributed by atoms with van der Waals surface area (Å²) in [6, 6.07) is 17.9. The molecule has 0 spiro atoms. The standard InChI is InChI=1S/C17H14N4OS/c1-11-7-9-13(10-8-11)19-17-21(18)16-15(23-17)14(20-22-16)12-5-3-2-4-6-12/h2-10H,18H2,1H3. The molecule has 0 radical (unpaired) electrons. The van der Waals surface area contributed by atoms with Crippen LogP contribution < -0.4 is 10.6 Å². The summed E-state index contributed by atoms with van der Waals surface area (Å²) in [6.45, 7) is 2.04. The lowest BCUT2D eigenvalue weighted by Crippen LogP contribution is -2.22. The second kappa shape index (κ2) is 5.40. The molecule has 23 heavy (non-hydrogen) atoms. The van der Waals surface area contributed by atoms with Crippen LogP contribution >= 0.6 is 11.3 Å². The van der Waals surface area contributed by atoms with Gasteiger partial charge < -0.3 is 10.4 Å². The Balaban J connectivity index is 1.88. The van der Waals surface area contributed by atoms with Crippen molar-refractivity contribution in [3.63, 3.8) is 0 Å². The Morgan fingerprint density at radius 3 is 2.57 bits per heavy atom. The van der Waals surface area contributed by atoms with Crippen molar-refractivity contribution in [2.45, 2.75) is 6.92 Å². The van der Waals surface area contributed by atoms with Gasteiger partial charge in [0.25, 0.3) is 5.71 Å². The van der Waals surface area contributed by atoms with Gasteiger partial charge in [-0.3, -0.25) is 0 Å². The zero-order valence-corrected chi connectivity index (χ0v) is 13.2. The van der Waals surface area contributed by atoms with Crippen molar-refractivity contribution in [3.05, 3.63) is 65.0 Å². The van der Waals surface area contributed by atoms with Crippen molar-refractivity contribution in [1.29, 1.82) is 0 Å². The van der Waals surface area contributed by atoms with Gasteiger partial charge in [0.15, 0.2) is 0 Å². The highest BCUT2D eigenvalue weighted by Gasteiger charge is 2.16. The van der Waals surface area contributed by atoms with E-state index in [4.69, 9.17) is 10.4 Å². The topological polar surface area (TPSA) is 69.3 Å². The number of fused-ring (bicyclic) bond motifs is 1. The summed E-state index contributed by atoms with van der Waals surface area (Å²) in [6.07, 6.45) is 0. The van der Waals surface area contributed by atoms with Gasteiger partial charge in [0.1, 0.15) is 10.4 Å². The van der Waals surface area contributed by atoms with Crippen molar-refractivity contribution < 1.29 is 4.52 Å². The molecule has 2 aromatic carbocycles. The Kier molecular flexibility index (Phi) is 3.24. The molecule has 4 aromatic rings. The summed E-state index contributed by atoms with van der Waals surface area (Å²) in [7, 11) is 0. The van der Waals surface area contributed by atoms with E-state index in [0.717, 1.165) is 21.6 Å². The molecule has 0 aliphatic heterocycles. The number of nitrogens with two attached hydrogens (primary N) is 1. The van der Waals surface area contributed by atoms with Crippen molar-refractivity contribution in [2.24, 2.45) is 4.99 Å². The molecule has 2 heterocycles. The second-order valence-corrected chi connectivity index (χ2v) is 6.21. The summed E-state index contributed by atoms with van der Waals surface area (Å²) in [5, 5.41) is 4.14. The zero-order valence-electron chi connectivity index (χ0n) is 12.4. The number of aryl methyl sites for hydroxylation is 1. The van der Waals surface area contributed by atoms with Crippen LogP contribution in [0, 0.1) is 6.92 Å². The third kappa shape index (κ3) is 2.43. The molecule has 0 aliphatic rings. The lowest BCUT2D eigenvalue weighted by atomic mass is 10.2. The van der Waals surface area contributed by atoms with Gasteiger partial charge in [-0.15, -0.1) is 0 Å². The molecular weight excluding hydrogens is 308 g/mol. The Labute approximate surface area is 136 Å². The third-order valence-electron chi connectivity index (χ3n) is 3.56. The van der Waals surface area contributed by atoms with E-state index >= 15 is 0 Å². The van der Waals surface area contributed by atoms with Gasteiger partial charge in [-0.05, 0) is 19.1 Å². The van der Waals surface area contributed by atoms with E-state index in [-0.39, 0.29) is 0 Å². The first-order valence-corrected chi connectivity index (χ1v) is 7.97. The lowest BCUT2D eigenvalue weighted by molar-refractivity contribution is 0.443. The van der Waals surface area contributed by atoms with E-state index < -0.39 is 0 Å². The molecule has 0 amide bonds. The maximum atomic E-state index is 6.11. The van der Waals surface area contributed by atoms with Gasteiger partial charge in [-0.2, -0.15) is 4.68 Å². The number of benzene rings is 2.